The fraction of sp³-hybridized carbons (Fsp3) is 0.0556. The van der Waals surface area contributed by atoms with E-state index in [1.54, 1.807) is 12.5 Å². The summed E-state index contributed by atoms with van der Waals surface area (Å²) in [5, 5.41) is 0. The molecule has 23 heavy (non-hydrogen) atoms. The van der Waals surface area contributed by atoms with E-state index in [9.17, 15) is 0 Å². The molecule has 0 saturated heterocycles. The van der Waals surface area contributed by atoms with Gasteiger partial charge in [-0.2, -0.15) is 0 Å². The summed E-state index contributed by atoms with van der Waals surface area (Å²) in [4.78, 5) is 4.03. The molecule has 0 saturated carbocycles. The monoisotopic (exact) mass is 346 g/mol. The summed E-state index contributed by atoms with van der Waals surface area (Å²) >= 11 is 6.31. The summed E-state index contributed by atoms with van der Waals surface area (Å²) in [6.07, 6.45) is 5.28. The molecule has 3 rings (SSSR count). The molecule has 0 aliphatic rings. The first-order valence-corrected chi connectivity index (χ1v) is 7.31. The van der Waals surface area contributed by atoms with Crippen molar-refractivity contribution in [1.82, 2.24) is 9.55 Å². The number of rotatable bonds is 5. The van der Waals surface area contributed by atoms with Gasteiger partial charge in [-0.25, -0.2) is 4.98 Å². The molecule has 3 aromatic rings. The average Bonchev–Trinajstić information content (AvgIpc) is 3.09. The Kier molecular flexibility index (Phi) is 5.85. The maximum absolute atomic E-state index is 6.31. The van der Waals surface area contributed by atoms with Crippen LogP contribution < -0.4 is 4.74 Å². The number of alkyl halides is 1. The molecule has 2 aromatic carbocycles. The molecule has 3 nitrogen and oxygen atoms in total. The molecule has 1 aromatic heterocycles. The Hall–Kier alpha value is -2.23. The summed E-state index contributed by atoms with van der Waals surface area (Å²) in [6, 6.07) is 17.4. The second-order valence-corrected chi connectivity index (χ2v) is 5.19. The van der Waals surface area contributed by atoms with Crippen molar-refractivity contribution in [3.05, 3.63) is 91.0 Å². The number of halogens is 2. The van der Waals surface area contributed by atoms with Crippen LogP contribution in [0.25, 0.3) is 5.70 Å². The van der Waals surface area contributed by atoms with Crippen LogP contribution in [0.3, 0.4) is 0 Å². The molecule has 1 atom stereocenters. The van der Waals surface area contributed by atoms with Gasteiger partial charge in [-0.15, -0.1) is 12.4 Å². The van der Waals surface area contributed by atoms with E-state index in [2.05, 4.69) is 11.6 Å². The van der Waals surface area contributed by atoms with Gasteiger partial charge in [-0.3, -0.25) is 0 Å². The fourth-order valence-electron chi connectivity index (χ4n) is 2.11. The SMILES string of the molecule is C=C(c1cccc(OC(Cl)c2ccccc2)c1)n1ccnc1.Cl. The van der Waals surface area contributed by atoms with E-state index in [1.165, 1.54) is 0 Å². The molecular weight excluding hydrogens is 331 g/mol. The van der Waals surface area contributed by atoms with Crippen molar-refractivity contribution in [2.75, 3.05) is 0 Å². The number of hydrogen-bond acceptors (Lipinski definition) is 2. The molecule has 0 amide bonds. The Morgan fingerprint density at radius 1 is 1.13 bits per heavy atom. The van der Waals surface area contributed by atoms with Crippen molar-refractivity contribution >= 4 is 29.7 Å². The third-order valence-electron chi connectivity index (χ3n) is 3.28. The molecule has 1 heterocycles. The summed E-state index contributed by atoms with van der Waals surface area (Å²) in [5.41, 5.74) is 2.17. The highest BCUT2D eigenvalue weighted by Gasteiger charge is 2.10. The lowest BCUT2D eigenvalue weighted by Gasteiger charge is -2.14. The van der Waals surface area contributed by atoms with Gasteiger partial charge in [0.1, 0.15) is 5.75 Å². The zero-order chi connectivity index (χ0) is 15.4. The number of benzene rings is 2. The first-order valence-electron chi connectivity index (χ1n) is 6.87. The first-order chi connectivity index (χ1) is 10.7. The van der Waals surface area contributed by atoms with E-state index in [4.69, 9.17) is 16.3 Å². The van der Waals surface area contributed by atoms with Crippen molar-refractivity contribution in [2.45, 2.75) is 5.56 Å². The van der Waals surface area contributed by atoms with Crippen LogP contribution in [0.2, 0.25) is 0 Å². The van der Waals surface area contributed by atoms with E-state index < -0.39 is 5.56 Å². The van der Waals surface area contributed by atoms with E-state index in [-0.39, 0.29) is 12.4 Å². The molecule has 1 unspecified atom stereocenters. The third kappa shape index (κ3) is 4.15. The molecule has 5 heteroatoms. The highest BCUT2D eigenvalue weighted by Crippen LogP contribution is 2.27. The van der Waals surface area contributed by atoms with Gasteiger partial charge in [0.15, 0.2) is 5.56 Å². The second-order valence-electron chi connectivity index (χ2n) is 4.79. The van der Waals surface area contributed by atoms with E-state index in [0.29, 0.717) is 5.75 Å². The minimum absolute atomic E-state index is 0. The van der Waals surface area contributed by atoms with Crippen LogP contribution in [0.4, 0.5) is 0 Å². The third-order valence-corrected chi connectivity index (χ3v) is 3.63. The van der Waals surface area contributed by atoms with Gasteiger partial charge in [0, 0.05) is 29.2 Å². The van der Waals surface area contributed by atoms with Gasteiger partial charge in [-0.05, 0) is 12.1 Å². The lowest BCUT2D eigenvalue weighted by molar-refractivity contribution is 0.288. The lowest BCUT2D eigenvalue weighted by Crippen LogP contribution is -2.01. The highest BCUT2D eigenvalue weighted by molar-refractivity contribution is 6.20. The number of nitrogens with zero attached hydrogens (tertiary/aromatic N) is 2. The quantitative estimate of drug-likeness (QED) is 0.598. The number of hydrogen-bond donors (Lipinski definition) is 0. The number of imidazole rings is 1. The zero-order valence-corrected chi connectivity index (χ0v) is 13.9. The van der Waals surface area contributed by atoms with Crippen molar-refractivity contribution < 1.29 is 4.74 Å². The molecule has 118 valence electrons. The smallest absolute Gasteiger partial charge is 0.197 e. The Morgan fingerprint density at radius 3 is 2.61 bits per heavy atom. The molecule has 0 N–H and O–H groups in total. The molecule has 0 fully saturated rings. The molecule has 0 aliphatic heterocycles. The van der Waals surface area contributed by atoms with Gasteiger partial charge in [-0.1, -0.05) is 60.6 Å². The maximum Gasteiger partial charge on any atom is 0.197 e. The molecular formula is C18H16Cl2N2O. The van der Waals surface area contributed by atoms with Gasteiger partial charge >= 0.3 is 0 Å². The summed E-state index contributed by atoms with van der Waals surface area (Å²) in [7, 11) is 0. The number of ether oxygens (including phenoxy) is 1. The van der Waals surface area contributed by atoms with Crippen molar-refractivity contribution in [3.63, 3.8) is 0 Å². The van der Waals surface area contributed by atoms with Crippen LogP contribution in [-0.2, 0) is 0 Å². The summed E-state index contributed by atoms with van der Waals surface area (Å²) in [5.74, 6) is 0.697. The van der Waals surface area contributed by atoms with Gasteiger partial charge < -0.3 is 9.30 Å². The predicted octanol–water partition coefficient (Wildman–Crippen LogP) is 5.14. The van der Waals surface area contributed by atoms with E-state index >= 15 is 0 Å². The summed E-state index contributed by atoms with van der Waals surface area (Å²) in [6.45, 7) is 4.08. The Bertz CT molecular complexity index is 758. The zero-order valence-electron chi connectivity index (χ0n) is 12.3. The lowest BCUT2D eigenvalue weighted by atomic mass is 10.1. The average molecular weight is 347 g/mol. The molecule has 0 aliphatic carbocycles. The van der Waals surface area contributed by atoms with E-state index in [1.807, 2.05) is 65.4 Å². The number of aromatic nitrogens is 2. The predicted molar refractivity (Wildman–Crippen MR) is 96.0 cm³/mol. The Labute approximate surface area is 146 Å². The van der Waals surface area contributed by atoms with Crippen LogP contribution in [0.1, 0.15) is 16.7 Å². The van der Waals surface area contributed by atoms with Crippen LogP contribution in [-0.4, -0.2) is 9.55 Å². The normalized spacial score (nSPS) is 11.3. The van der Waals surface area contributed by atoms with Crippen LogP contribution in [0, 0.1) is 0 Å². The molecule has 0 radical (unpaired) electrons. The largest absolute Gasteiger partial charge is 0.470 e. The Balaban J connectivity index is 0.00000192. The topological polar surface area (TPSA) is 27.1 Å². The fourth-order valence-corrected chi connectivity index (χ4v) is 2.36. The highest BCUT2D eigenvalue weighted by atomic mass is 35.5. The van der Waals surface area contributed by atoms with Crippen LogP contribution in [0.5, 0.6) is 5.75 Å². The first kappa shape index (κ1) is 17.1. The Morgan fingerprint density at radius 2 is 1.91 bits per heavy atom. The summed E-state index contributed by atoms with van der Waals surface area (Å²) < 4.78 is 7.66. The minimum atomic E-state index is -0.530. The molecule has 0 spiro atoms. The van der Waals surface area contributed by atoms with Crippen LogP contribution in [0.15, 0.2) is 79.9 Å². The minimum Gasteiger partial charge on any atom is -0.470 e. The van der Waals surface area contributed by atoms with Crippen molar-refractivity contribution in [2.24, 2.45) is 0 Å². The van der Waals surface area contributed by atoms with Gasteiger partial charge in [0.25, 0.3) is 0 Å². The van der Waals surface area contributed by atoms with E-state index in [0.717, 1.165) is 16.8 Å². The molecule has 0 bridgehead atoms. The van der Waals surface area contributed by atoms with Crippen molar-refractivity contribution in [3.8, 4) is 5.75 Å². The second kappa shape index (κ2) is 7.86. The maximum atomic E-state index is 6.31. The van der Waals surface area contributed by atoms with Crippen LogP contribution >= 0.6 is 24.0 Å². The van der Waals surface area contributed by atoms with Crippen molar-refractivity contribution in [1.29, 1.82) is 0 Å². The standard InChI is InChI=1S/C18H15ClN2O.ClH/c1-14(21-11-10-20-13-21)16-8-5-9-17(12-16)22-18(19)15-6-3-2-4-7-15;/h2-13,18H,1H2;1H. The van der Waals surface area contributed by atoms with Gasteiger partial charge in [0.2, 0.25) is 0 Å². The van der Waals surface area contributed by atoms with Gasteiger partial charge in [0.05, 0.1) is 6.33 Å².